The number of nitrogens with one attached hydrogen (secondary N) is 1. The summed E-state index contributed by atoms with van der Waals surface area (Å²) in [7, 11) is 1.29. The summed E-state index contributed by atoms with van der Waals surface area (Å²) in [6.45, 7) is 2.67. The number of methoxy groups -OCH3 is 1. The number of aliphatic carboxylic acids is 1. The van der Waals surface area contributed by atoms with E-state index >= 15 is 0 Å². The summed E-state index contributed by atoms with van der Waals surface area (Å²) in [5.41, 5.74) is 0.494. The molecule has 6 nitrogen and oxygen atoms in total. The molecule has 7 heteroatoms. The van der Waals surface area contributed by atoms with Crippen molar-refractivity contribution in [2.45, 2.75) is 26.0 Å². The highest BCUT2D eigenvalue weighted by molar-refractivity contribution is 9.10. The molecule has 106 valence electrons. The number of carboxylic acids is 1. The summed E-state index contributed by atoms with van der Waals surface area (Å²) in [5, 5.41) is 11.4. The number of hydrogen-bond acceptors (Lipinski definition) is 3. The Bertz CT molecular complexity index is 459. The van der Waals surface area contributed by atoms with Crippen LogP contribution in [0.15, 0.2) is 16.7 Å². The second-order valence-electron chi connectivity index (χ2n) is 4.01. The van der Waals surface area contributed by atoms with Crippen LogP contribution >= 0.6 is 15.9 Å². The van der Waals surface area contributed by atoms with E-state index in [4.69, 9.17) is 9.84 Å². The molecule has 1 atom stereocenters. The number of rotatable bonds is 7. The highest BCUT2D eigenvalue weighted by Crippen LogP contribution is 2.15. The fourth-order valence-electron chi connectivity index (χ4n) is 1.64. The van der Waals surface area contributed by atoms with E-state index in [0.717, 1.165) is 17.4 Å². The number of carboxylic acid groups (broad SMARTS) is 1. The number of aryl methyl sites for hydroxylation is 1. The first-order valence-corrected chi connectivity index (χ1v) is 6.68. The lowest BCUT2D eigenvalue weighted by Crippen LogP contribution is -2.38. The van der Waals surface area contributed by atoms with Crippen molar-refractivity contribution in [1.29, 1.82) is 0 Å². The van der Waals surface area contributed by atoms with Crippen LogP contribution in [0.25, 0.3) is 0 Å². The van der Waals surface area contributed by atoms with Crippen LogP contribution in [-0.4, -0.2) is 41.3 Å². The molecular formula is C12H17BrN2O4. The fraction of sp³-hybridized carbons (Fsp3) is 0.500. The Balaban J connectivity index is 2.70. The van der Waals surface area contributed by atoms with Gasteiger partial charge in [0.05, 0.1) is 6.54 Å². The smallest absolute Gasteiger partial charge is 0.334 e. The maximum atomic E-state index is 12.0. The average molecular weight is 333 g/mol. The molecule has 1 aromatic heterocycles. The normalized spacial score (nSPS) is 12.2. The molecule has 0 radical (unpaired) electrons. The van der Waals surface area contributed by atoms with Crippen molar-refractivity contribution >= 4 is 27.8 Å². The number of amides is 1. The third-order valence-electron chi connectivity index (χ3n) is 2.57. The van der Waals surface area contributed by atoms with Gasteiger partial charge in [-0.1, -0.05) is 6.92 Å². The zero-order chi connectivity index (χ0) is 14.4. The summed E-state index contributed by atoms with van der Waals surface area (Å²) < 4.78 is 7.38. The number of aromatic nitrogens is 1. The molecule has 0 aliphatic rings. The zero-order valence-electron chi connectivity index (χ0n) is 10.9. The molecule has 1 heterocycles. The Morgan fingerprint density at radius 3 is 2.79 bits per heavy atom. The van der Waals surface area contributed by atoms with Crippen molar-refractivity contribution in [2.75, 3.05) is 13.7 Å². The maximum absolute atomic E-state index is 12.0. The molecule has 1 amide bonds. The third-order valence-corrected chi connectivity index (χ3v) is 3.00. The Kier molecular flexibility index (Phi) is 6.04. The monoisotopic (exact) mass is 332 g/mol. The minimum Gasteiger partial charge on any atom is -0.479 e. The molecule has 1 rings (SSSR count). The van der Waals surface area contributed by atoms with Crippen molar-refractivity contribution < 1.29 is 19.4 Å². The highest BCUT2D eigenvalue weighted by atomic mass is 79.9. The molecule has 0 aromatic carbocycles. The predicted octanol–water partition coefficient (Wildman–Crippen LogP) is 1.49. The Morgan fingerprint density at radius 2 is 2.26 bits per heavy atom. The summed E-state index contributed by atoms with van der Waals surface area (Å²) in [6, 6.07) is 1.70. The van der Waals surface area contributed by atoms with Gasteiger partial charge in [-0.25, -0.2) is 4.79 Å². The van der Waals surface area contributed by atoms with Gasteiger partial charge in [-0.05, 0) is 28.4 Å². The number of nitrogens with zero attached hydrogens (tertiary/aromatic N) is 1. The van der Waals surface area contributed by atoms with Gasteiger partial charge in [0.1, 0.15) is 5.69 Å². The Morgan fingerprint density at radius 1 is 1.58 bits per heavy atom. The summed E-state index contributed by atoms with van der Waals surface area (Å²) in [4.78, 5) is 22.8. The third kappa shape index (κ3) is 4.36. The largest absolute Gasteiger partial charge is 0.479 e. The molecule has 1 aromatic rings. The Labute approximate surface area is 119 Å². The summed E-state index contributed by atoms with van der Waals surface area (Å²) in [6.07, 6.45) is 1.68. The maximum Gasteiger partial charge on any atom is 0.334 e. The lowest BCUT2D eigenvalue weighted by Gasteiger charge is -2.12. The van der Waals surface area contributed by atoms with Crippen molar-refractivity contribution in [3.05, 3.63) is 22.4 Å². The van der Waals surface area contributed by atoms with Gasteiger partial charge < -0.3 is 19.7 Å². The van der Waals surface area contributed by atoms with Crippen LogP contribution in [0.2, 0.25) is 0 Å². The number of carbonyl (C=O) groups excluding carboxylic acids is 1. The van der Waals surface area contributed by atoms with Gasteiger partial charge in [0.15, 0.2) is 6.10 Å². The van der Waals surface area contributed by atoms with Gasteiger partial charge in [0.2, 0.25) is 0 Å². The Hall–Kier alpha value is -1.34. The van der Waals surface area contributed by atoms with Crippen LogP contribution < -0.4 is 5.32 Å². The first kappa shape index (κ1) is 15.7. The SMILES string of the molecule is CCCn1cc(Br)cc1C(=O)NCC(OC)C(=O)O. The molecule has 0 aliphatic carbocycles. The zero-order valence-corrected chi connectivity index (χ0v) is 12.4. The molecule has 0 saturated heterocycles. The van der Waals surface area contributed by atoms with E-state index in [2.05, 4.69) is 21.2 Å². The topological polar surface area (TPSA) is 80.6 Å². The van der Waals surface area contributed by atoms with Gasteiger partial charge in [-0.2, -0.15) is 0 Å². The number of halogens is 1. The molecule has 0 spiro atoms. The second kappa shape index (κ2) is 7.30. The van der Waals surface area contributed by atoms with E-state index in [1.165, 1.54) is 7.11 Å². The van der Waals surface area contributed by atoms with Crippen molar-refractivity contribution in [3.63, 3.8) is 0 Å². The van der Waals surface area contributed by atoms with E-state index in [0.29, 0.717) is 5.69 Å². The molecule has 0 bridgehead atoms. The molecule has 0 saturated carbocycles. The molecule has 1 unspecified atom stereocenters. The highest BCUT2D eigenvalue weighted by Gasteiger charge is 2.19. The van der Waals surface area contributed by atoms with Crippen molar-refractivity contribution in [2.24, 2.45) is 0 Å². The van der Waals surface area contributed by atoms with E-state index in [1.807, 2.05) is 17.7 Å². The van der Waals surface area contributed by atoms with E-state index in [1.54, 1.807) is 6.07 Å². The van der Waals surface area contributed by atoms with E-state index < -0.39 is 12.1 Å². The standard InChI is InChI=1S/C12H17BrN2O4/c1-3-4-15-7-8(13)5-9(15)11(16)14-6-10(19-2)12(17)18/h5,7,10H,3-4,6H2,1-2H3,(H,14,16)(H,17,18). The molecule has 0 fully saturated rings. The number of hydrogen-bond donors (Lipinski definition) is 2. The van der Waals surface area contributed by atoms with Crippen LogP contribution in [-0.2, 0) is 16.1 Å². The molecule has 19 heavy (non-hydrogen) atoms. The van der Waals surface area contributed by atoms with E-state index in [9.17, 15) is 9.59 Å². The first-order chi connectivity index (χ1) is 8.99. The average Bonchev–Trinajstić information content (AvgIpc) is 2.71. The van der Waals surface area contributed by atoms with Crippen molar-refractivity contribution in [1.82, 2.24) is 9.88 Å². The molecule has 0 aliphatic heterocycles. The summed E-state index contributed by atoms with van der Waals surface area (Å²) in [5.74, 6) is -1.42. The van der Waals surface area contributed by atoms with Crippen LogP contribution in [0.5, 0.6) is 0 Å². The van der Waals surface area contributed by atoms with Crippen LogP contribution in [0.4, 0.5) is 0 Å². The molecular weight excluding hydrogens is 316 g/mol. The van der Waals surface area contributed by atoms with Crippen LogP contribution in [0, 0.1) is 0 Å². The van der Waals surface area contributed by atoms with Gasteiger partial charge in [-0.3, -0.25) is 4.79 Å². The van der Waals surface area contributed by atoms with Crippen molar-refractivity contribution in [3.8, 4) is 0 Å². The predicted molar refractivity (Wildman–Crippen MR) is 73.2 cm³/mol. The minimum atomic E-state index is -1.10. The first-order valence-electron chi connectivity index (χ1n) is 5.89. The fourth-order valence-corrected chi connectivity index (χ4v) is 2.10. The number of ether oxygens (including phenoxy) is 1. The van der Waals surface area contributed by atoms with Gasteiger partial charge >= 0.3 is 5.97 Å². The van der Waals surface area contributed by atoms with Gasteiger partial charge in [0.25, 0.3) is 5.91 Å². The van der Waals surface area contributed by atoms with Gasteiger partial charge in [0, 0.05) is 24.3 Å². The summed E-state index contributed by atoms with van der Waals surface area (Å²) >= 11 is 3.32. The lowest BCUT2D eigenvalue weighted by molar-refractivity contribution is -0.148. The minimum absolute atomic E-state index is 0.0699. The quantitative estimate of drug-likeness (QED) is 0.792. The van der Waals surface area contributed by atoms with Gasteiger partial charge in [-0.15, -0.1) is 0 Å². The lowest BCUT2D eigenvalue weighted by atomic mass is 10.3. The van der Waals surface area contributed by atoms with Crippen LogP contribution in [0.1, 0.15) is 23.8 Å². The second-order valence-corrected chi connectivity index (χ2v) is 4.93. The van der Waals surface area contributed by atoms with E-state index in [-0.39, 0.29) is 12.5 Å². The molecule has 2 N–H and O–H groups in total. The number of carbonyl (C=O) groups is 2. The van der Waals surface area contributed by atoms with Crippen LogP contribution in [0.3, 0.4) is 0 Å².